The molecule has 0 fully saturated rings. The quantitative estimate of drug-likeness (QED) is 0.908. The van der Waals surface area contributed by atoms with Gasteiger partial charge in [0.1, 0.15) is 11.4 Å². The maximum absolute atomic E-state index is 5.52. The number of nitrogens with one attached hydrogen (secondary N) is 2. The van der Waals surface area contributed by atoms with Crippen LogP contribution in [0.3, 0.4) is 0 Å². The van der Waals surface area contributed by atoms with Gasteiger partial charge in [-0.05, 0) is 54.0 Å². The second-order valence-corrected chi connectivity index (χ2v) is 5.35. The van der Waals surface area contributed by atoms with Gasteiger partial charge in [-0.3, -0.25) is 5.10 Å². The van der Waals surface area contributed by atoms with E-state index in [1.54, 1.807) is 7.11 Å². The molecule has 2 aromatic rings. The molecule has 5 heteroatoms. The Morgan fingerprint density at radius 3 is 2.74 bits per heavy atom. The van der Waals surface area contributed by atoms with Gasteiger partial charge >= 0.3 is 0 Å². The monoisotopic (exact) mass is 323 g/mol. The lowest BCUT2D eigenvalue weighted by Gasteiger charge is -2.11. The Morgan fingerprint density at radius 2 is 2.11 bits per heavy atom. The number of benzene rings is 1. The summed E-state index contributed by atoms with van der Waals surface area (Å²) in [6.07, 6.45) is 0. The first-order chi connectivity index (χ1) is 9.08. The molecule has 19 heavy (non-hydrogen) atoms. The molecular formula is C14H18BrN3O. The van der Waals surface area contributed by atoms with E-state index in [2.05, 4.69) is 50.5 Å². The van der Waals surface area contributed by atoms with E-state index >= 15 is 0 Å². The third-order valence-corrected chi connectivity index (χ3v) is 3.86. The maximum atomic E-state index is 5.52. The number of aromatic amines is 1. The fraction of sp³-hybridized carbons (Fsp3) is 0.357. The number of hydrogen-bond acceptors (Lipinski definition) is 3. The molecule has 0 aliphatic heterocycles. The Balaban J connectivity index is 2.58. The SMILES string of the molecule is CNCc1[nH]nc(-c2cc(C)cc(C)c2OC)c1Br. The minimum atomic E-state index is 0.737. The van der Waals surface area contributed by atoms with E-state index in [0.717, 1.165) is 39.3 Å². The standard InChI is InChI=1S/C14H18BrN3O/c1-8-5-9(2)14(19-4)10(6-8)13-12(15)11(7-16-3)17-18-13/h5-6,16H,7H2,1-4H3,(H,17,18). The zero-order valence-corrected chi connectivity index (χ0v) is 13.2. The minimum Gasteiger partial charge on any atom is -0.496 e. The maximum Gasteiger partial charge on any atom is 0.131 e. The number of aromatic nitrogens is 2. The fourth-order valence-corrected chi connectivity index (χ4v) is 2.77. The van der Waals surface area contributed by atoms with Crippen molar-refractivity contribution in [2.45, 2.75) is 20.4 Å². The van der Waals surface area contributed by atoms with Crippen LogP contribution in [0.5, 0.6) is 5.75 Å². The molecule has 0 unspecified atom stereocenters. The van der Waals surface area contributed by atoms with E-state index in [4.69, 9.17) is 4.74 Å². The summed E-state index contributed by atoms with van der Waals surface area (Å²) in [5, 5.41) is 10.6. The third-order valence-electron chi connectivity index (χ3n) is 3.01. The molecule has 1 aromatic carbocycles. The molecule has 2 rings (SSSR count). The molecule has 0 saturated heterocycles. The molecule has 0 saturated carbocycles. The van der Waals surface area contributed by atoms with Crippen LogP contribution in [0.25, 0.3) is 11.3 Å². The van der Waals surface area contributed by atoms with Gasteiger partial charge in [-0.1, -0.05) is 6.07 Å². The van der Waals surface area contributed by atoms with E-state index < -0.39 is 0 Å². The van der Waals surface area contributed by atoms with Crippen LogP contribution in [-0.2, 0) is 6.54 Å². The molecule has 0 radical (unpaired) electrons. The van der Waals surface area contributed by atoms with Gasteiger partial charge in [-0.15, -0.1) is 0 Å². The number of nitrogens with zero attached hydrogens (tertiary/aromatic N) is 1. The molecule has 0 amide bonds. The van der Waals surface area contributed by atoms with Crippen molar-refractivity contribution >= 4 is 15.9 Å². The average Bonchev–Trinajstić information content (AvgIpc) is 2.71. The van der Waals surface area contributed by atoms with Gasteiger partial charge in [0, 0.05) is 12.1 Å². The van der Waals surface area contributed by atoms with Crippen LogP contribution >= 0.6 is 15.9 Å². The van der Waals surface area contributed by atoms with Gasteiger partial charge < -0.3 is 10.1 Å². The van der Waals surface area contributed by atoms with E-state index in [-0.39, 0.29) is 0 Å². The Labute approximate surface area is 121 Å². The Kier molecular flexibility index (Phi) is 4.27. The van der Waals surface area contributed by atoms with Crippen LogP contribution in [0, 0.1) is 13.8 Å². The van der Waals surface area contributed by atoms with Crippen molar-refractivity contribution in [2.24, 2.45) is 0 Å². The molecule has 102 valence electrons. The molecule has 0 aliphatic carbocycles. The smallest absolute Gasteiger partial charge is 0.131 e. The van der Waals surface area contributed by atoms with Gasteiger partial charge in [-0.25, -0.2) is 0 Å². The van der Waals surface area contributed by atoms with Crippen LogP contribution in [-0.4, -0.2) is 24.4 Å². The van der Waals surface area contributed by atoms with Gasteiger partial charge in [-0.2, -0.15) is 5.10 Å². The molecule has 0 spiro atoms. The molecule has 0 bridgehead atoms. The molecule has 1 heterocycles. The van der Waals surface area contributed by atoms with Gasteiger partial charge in [0.05, 0.1) is 17.3 Å². The Bertz CT molecular complexity index is 593. The van der Waals surface area contributed by atoms with E-state index in [9.17, 15) is 0 Å². The molecule has 4 nitrogen and oxygen atoms in total. The number of methoxy groups -OCH3 is 1. The first-order valence-electron chi connectivity index (χ1n) is 6.11. The number of H-pyrrole nitrogens is 1. The minimum absolute atomic E-state index is 0.737. The summed E-state index contributed by atoms with van der Waals surface area (Å²) >= 11 is 3.61. The second kappa shape index (κ2) is 5.75. The highest BCUT2D eigenvalue weighted by Crippen LogP contribution is 2.37. The predicted molar refractivity (Wildman–Crippen MR) is 80.5 cm³/mol. The number of aryl methyl sites for hydroxylation is 2. The summed E-state index contributed by atoms with van der Waals surface area (Å²) in [5.41, 5.74) is 5.22. The van der Waals surface area contributed by atoms with Crippen molar-refractivity contribution in [3.8, 4) is 17.0 Å². The summed E-state index contributed by atoms with van der Waals surface area (Å²) in [5.74, 6) is 0.869. The lowest BCUT2D eigenvalue weighted by Crippen LogP contribution is -2.05. The molecule has 0 aliphatic rings. The van der Waals surface area contributed by atoms with Crippen LogP contribution in [0.15, 0.2) is 16.6 Å². The van der Waals surface area contributed by atoms with Crippen LogP contribution in [0.1, 0.15) is 16.8 Å². The molecule has 0 atom stereocenters. The van der Waals surface area contributed by atoms with Crippen molar-refractivity contribution in [3.63, 3.8) is 0 Å². The predicted octanol–water partition coefficient (Wildman–Crippen LogP) is 3.18. The van der Waals surface area contributed by atoms with Crippen molar-refractivity contribution in [2.75, 3.05) is 14.2 Å². The average molecular weight is 324 g/mol. The van der Waals surface area contributed by atoms with Crippen molar-refractivity contribution in [1.29, 1.82) is 0 Å². The van der Waals surface area contributed by atoms with Gasteiger partial charge in [0.15, 0.2) is 0 Å². The highest BCUT2D eigenvalue weighted by Gasteiger charge is 2.17. The molecular weight excluding hydrogens is 306 g/mol. The van der Waals surface area contributed by atoms with Crippen LogP contribution in [0.2, 0.25) is 0 Å². The summed E-state index contributed by atoms with van der Waals surface area (Å²) < 4.78 is 6.50. The largest absolute Gasteiger partial charge is 0.496 e. The van der Waals surface area contributed by atoms with Crippen LogP contribution in [0.4, 0.5) is 0 Å². The van der Waals surface area contributed by atoms with Crippen LogP contribution < -0.4 is 10.1 Å². The number of ether oxygens (including phenoxy) is 1. The van der Waals surface area contributed by atoms with Gasteiger partial charge in [0.2, 0.25) is 0 Å². The zero-order chi connectivity index (χ0) is 14.0. The zero-order valence-electron chi connectivity index (χ0n) is 11.6. The summed E-state index contributed by atoms with van der Waals surface area (Å²) in [6, 6.07) is 4.20. The lowest BCUT2D eigenvalue weighted by molar-refractivity contribution is 0.413. The summed E-state index contributed by atoms with van der Waals surface area (Å²) in [6.45, 7) is 4.86. The van der Waals surface area contributed by atoms with Gasteiger partial charge in [0.25, 0.3) is 0 Å². The Morgan fingerprint density at radius 1 is 1.37 bits per heavy atom. The fourth-order valence-electron chi connectivity index (χ4n) is 2.24. The summed E-state index contributed by atoms with van der Waals surface area (Å²) in [7, 11) is 3.60. The lowest BCUT2D eigenvalue weighted by atomic mass is 10.0. The van der Waals surface area contributed by atoms with E-state index in [1.165, 1.54) is 5.56 Å². The first-order valence-corrected chi connectivity index (χ1v) is 6.90. The third kappa shape index (κ3) is 2.67. The highest BCUT2D eigenvalue weighted by atomic mass is 79.9. The topological polar surface area (TPSA) is 49.9 Å². The number of halogens is 1. The molecule has 1 aromatic heterocycles. The number of rotatable bonds is 4. The molecule has 2 N–H and O–H groups in total. The Hall–Kier alpha value is -1.33. The summed E-state index contributed by atoms with van der Waals surface area (Å²) in [4.78, 5) is 0. The van der Waals surface area contributed by atoms with E-state index in [1.807, 2.05) is 14.0 Å². The first kappa shape index (κ1) is 14.1. The van der Waals surface area contributed by atoms with Crippen molar-refractivity contribution in [1.82, 2.24) is 15.5 Å². The second-order valence-electron chi connectivity index (χ2n) is 4.56. The normalized spacial score (nSPS) is 10.8. The van der Waals surface area contributed by atoms with E-state index in [0.29, 0.717) is 0 Å². The van der Waals surface area contributed by atoms with Crippen molar-refractivity contribution < 1.29 is 4.74 Å². The highest BCUT2D eigenvalue weighted by molar-refractivity contribution is 9.10. The number of hydrogen-bond donors (Lipinski definition) is 2. The van der Waals surface area contributed by atoms with Crippen molar-refractivity contribution in [3.05, 3.63) is 33.4 Å².